The Kier molecular flexibility index (Phi) is 4.52. The van der Waals surface area contributed by atoms with Crippen LogP contribution in [-0.2, 0) is 12.8 Å². The van der Waals surface area contributed by atoms with Crippen LogP contribution >= 0.6 is 0 Å². The van der Waals surface area contributed by atoms with Crippen molar-refractivity contribution in [2.75, 3.05) is 13.1 Å². The van der Waals surface area contributed by atoms with Gasteiger partial charge in [-0.15, -0.1) is 0 Å². The molecule has 8 heteroatoms. The predicted octanol–water partition coefficient (Wildman–Crippen LogP) is 3.58. The second kappa shape index (κ2) is 7.11. The van der Waals surface area contributed by atoms with Crippen LogP contribution in [0.1, 0.15) is 58.1 Å². The van der Waals surface area contributed by atoms with Gasteiger partial charge in [-0.1, -0.05) is 6.07 Å². The van der Waals surface area contributed by atoms with Crippen molar-refractivity contribution < 1.29 is 13.6 Å². The van der Waals surface area contributed by atoms with Gasteiger partial charge in [-0.3, -0.25) is 4.79 Å². The fraction of sp³-hybridized carbons (Fsp3) is 0.455. The van der Waals surface area contributed by atoms with Crippen LogP contribution in [0.2, 0.25) is 0 Å². The second-order valence-corrected chi connectivity index (χ2v) is 8.43. The molecule has 30 heavy (non-hydrogen) atoms. The third kappa shape index (κ3) is 3.44. The third-order valence-electron chi connectivity index (χ3n) is 6.12. The molecule has 0 bridgehead atoms. The van der Waals surface area contributed by atoms with E-state index in [9.17, 15) is 13.6 Å². The van der Waals surface area contributed by atoms with E-state index in [0.29, 0.717) is 22.7 Å². The zero-order valence-electron chi connectivity index (χ0n) is 16.8. The van der Waals surface area contributed by atoms with Crippen molar-refractivity contribution in [2.45, 2.75) is 50.9 Å². The number of rotatable bonds is 2. The molecule has 3 aromatic rings. The SMILES string of the molecule is Cc1cc(C2CN(C(=O)c3ccc4c(c3)CCCC4)CC(F)(F)C2)n2ncnc2n1. The average Bonchev–Trinajstić information content (AvgIpc) is 3.19. The summed E-state index contributed by atoms with van der Waals surface area (Å²) in [6.07, 6.45) is 5.24. The minimum absolute atomic E-state index is 0.212. The van der Waals surface area contributed by atoms with E-state index in [2.05, 4.69) is 15.1 Å². The van der Waals surface area contributed by atoms with Crippen LogP contribution in [0, 0.1) is 6.92 Å². The van der Waals surface area contributed by atoms with Gasteiger partial charge in [0.05, 0.1) is 12.2 Å². The lowest BCUT2D eigenvalue weighted by Crippen LogP contribution is -2.49. The molecular weight excluding hydrogens is 388 g/mol. The zero-order chi connectivity index (χ0) is 20.9. The van der Waals surface area contributed by atoms with E-state index in [4.69, 9.17) is 0 Å². The first-order valence-corrected chi connectivity index (χ1v) is 10.4. The number of likely N-dealkylation sites (tertiary alicyclic amines) is 1. The summed E-state index contributed by atoms with van der Waals surface area (Å²) in [4.78, 5) is 22.8. The lowest BCUT2D eigenvalue weighted by atomic mass is 9.89. The molecule has 1 unspecified atom stereocenters. The van der Waals surface area contributed by atoms with Crippen LogP contribution in [0.25, 0.3) is 5.78 Å². The standard InChI is InChI=1S/C22H23F2N5O/c1-14-8-19(29-21(27-14)25-13-26-29)18-10-22(23,24)12-28(11-18)20(30)17-7-6-15-4-2-3-5-16(15)9-17/h6-9,13,18H,2-5,10-12H2,1H3. The number of carbonyl (C=O) groups is 1. The van der Waals surface area contributed by atoms with Crippen LogP contribution in [0.15, 0.2) is 30.6 Å². The number of halogens is 2. The first kappa shape index (κ1) is 19.1. The summed E-state index contributed by atoms with van der Waals surface area (Å²) >= 11 is 0. The highest BCUT2D eigenvalue weighted by molar-refractivity contribution is 5.94. The fourth-order valence-electron chi connectivity index (χ4n) is 4.75. The van der Waals surface area contributed by atoms with Gasteiger partial charge in [0.1, 0.15) is 6.33 Å². The maximum absolute atomic E-state index is 14.7. The minimum atomic E-state index is -2.98. The van der Waals surface area contributed by atoms with Gasteiger partial charge in [-0.25, -0.2) is 18.3 Å². The van der Waals surface area contributed by atoms with Gasteiger partial charge in [0.25, 0.3) is 17.6 Å². The summed E-state index contributed by atoms with van der Waals surface area (Å²) < 4.78 is 30.9. The van der Waals surface area contributed by atoms with Gasteiger partial charge >= 0.3 is 0 Å². The van der Waals surface area contributed by atoms with E-state index in [-0.39, 0.29) is 18.9 Å². The van der Waals surface area contributed by atoms with Gasteiger partial charge in [-0.05, 0) is 61.9 Å². The lowest BCUT2D eigenvalue weighted by molar-refractivity contribution is -0.0641. The molecule has 0 radical (unpaired) electrons. The van der Waals surface area contributed by atoms with Crippen molar-refractivity contribution in [1.29, 1.82) is 0 Å². The van der Waals surface area contributed by atoms with E-state index in [1.807, 2.05) is 12.1 Å². The second-order valence-electron chi connectivity index (χ2n) is 8.43. The summed E-state index contributed by atoms with van der Waals surface area (Å²) in [5, 5.41) is 4.15. The number of fused-ring (bicyclic) bond motifs is 2. The molecule has 0 saturated carbocycles. The van der Waals surface area contributed by atoms with Gasteiger partial charge < -0.3 is 4.90 Å². The van der Waals surface area contributed by atoms with E-state index >= 15 is 0 Å². The first-order chi connectivity index (χ1) is 14.4. The molecule has 1 atom stereocenters. The highest BCUT2D eigenvalue weighted by atomic mass is 19.3. The maximum atomic E-state index is 14.7. The Labute approximate surface area is 172 Å². The predicted molar refractivity (Wildman–Crippen MR) is 107 cm³/mol. The number of piperidine rings is 1. The maximum Gasteiger partial charge on any atom is 0.266 e. The van der Waals surface area contributed by atoms with Crippen LogP contribution < -0.4 is 0 Å². The van der Waals surface area contributed by atoms with Gasteiger partial charge in [0.2, 0.25) is 0 Å². The van der Waals surface area contributed by atoms with Gasteiger partial charge in [0.15, 0.2) is 0 Å². The fourth-order valence-corrected chi connectivity index (χ4v) is 4.75. The van der Waals surface area contributed by atoms with Gasteiger partial charge in [-0.2, -0.15) is 10.1 Å². The van der Waals surface area contributed by atoms with E-state index in [1.165, 1.54) is 26.9 Å². The zero-order valence-corrected chi connectivity index (χ0v) is 16.8. The molecule has 156 valence electrons. The van der Waals surface area contributed by atoms with Crippen LogP contribution in [0.4, 0.5) is 8.78 Å². The van der Waals surface area contributed by atoms with E-state index in [0.717, 1.165) is 25.7 Å². The number of hydrogen-bond donors (Lipinski definition) is 0. The number of carbonyl (C=O) groups excluding carboxylic acids is 1. The summed E-state index contributed by atoms with van der Waals surface area (Å²) in [6.45, 7) is 1.45. The van der Waals surface area contributed by atoms with Crippen LogP contribution in [0.3, 0.4) is 0 Å². The Bertz CT molecular complexity index is 1130. The molecule has 3 heterocycles. The van der Waals surface area contributed by atoms with Crippen molar-refractivity contribution >= 4 is 11.7 Å². The Morgan fingerprint density at radius 1 is 1.17 bits per heavy atom. The van der Waals surface area contributed by atoms with Crippen molar-refractivity contribution in [2.24, 2.45) is 0 Å². The van der Waals surface area contributed by atoms with E-state index in [1.54, 1.807) is 19.1 Å². The molecule has 1 saturated heterocycles. The van der Waals surface area contributed by atoms with Gasteiger partial charge in [0, 0.05) is 30.1 Å². The highest BCUT2D eigenvalue weighted by Gasteiger charge is 2.43. The molecule has 1 aromatic carbocycles. The van der Waals surface area contributed by atoms with E-state index < -0.39 is 18.4 Å². The molecule has 0 N–H and O–H groups in total. The molecule has 2 aromatic heterocycles. The van der Waals surface area contributed by atoms with Crippen molar-refractivity contribution in [3.05, 3.63) is 58.7 Å². The summed E-state index contributed by atoms with van der Waals surface area (Å²) in [5.41, 5.74) is 4.22. The number of benzene rings is 1. The molecule has 1 amide bonds. The molecular formula is C22H23F2N5O. The normalized spacial score (nSPS) is 20.9. The Hall–Kier alpha value is -2.90. The third-order valence-corrected chi connectivity index (χ3v) is 6.12. The minimum Gasteiger partial charge on any atom is -0.332 e. The molecule has 1 fully saturated rings. The monoisotopic (exact) mass is 411 g/mol. The largest absolute Gasteiger partial charge is 0.332 e. The van der Waals surface area contributed by atoms with Crippen LogP contribution in [-0.4, -0.2) is 49.4 Å². The quantitative estimate of drug-likeness (QED) is 0.647. The Morgan fingerprint density at radius 3 is 2.80 bits per heavy atom. The number of amides is 1. The first-order valence-electron chi connectivity index (χ1n) is 10.4. The molecule has 1 aliphatic carbocycles. The molecule has 6 nitrogen and oxygen atoms in total. The van der Waals surface area contributed by atoms with Crippen LogP contribution in [0.5, 0.6) is 0 Å². The van der Waals surface area contributed by atoms with Crippen molar-refractivity contribution in [1.82, 2.24) is 24.5 Å². The molecule has 2 aliphatic rings. The number of aryl methyl sites for hydroxylation is 3. The Morgan fingerprint density at radius 2 is 1.97 bits per heavy atom. The number of hydrogen-bond acceptors (Lipinski definition) is 4. The van der Waals surface area contributed by atoms with Crippen molar-refractivity contribution in [3.8, 4) is 0 Å². The summed E-state index contributed by atoms with van der Waals surface area (Å²) in [6, 6.07) is 7.41. The molecule has 5 rings (SSSR count). The summed E-state index contributed by atoms with van der Waals surface area (Å²) in [5.74, 6) is -3.49. The highest BCUT2D eigenvalue weighted by Crippen LogP contribution is 2.37. The number of alkyl halides is 2. The number of nitrogens with zero attached hydrogens (tertiary/aromatic N) is 5. The molecule has 0 spiro atoms. The lowest BCUT2D eigenvalue weighted by Gasteiger charge is -2.38. The average molecular weight is 411 g/mol. The Balaban J connectivity index is 1.47. The summed E-state index contributed by atoms with van der Waals surface area (Å²) in [7, 11) is 0. The number of aromatic nitrogens is 4. The smallest absolute Gasteiger partial charge is 0.266 e. The molecule has 1 aliphatic heterocycles. The van der Waals surface area contributed by atoms with Crippen molar-refractivity contribution in [3.63, 3.8) is 0 Å². The topological polar surface area (TPSA) is 63.4 Å².